The van der Waals surface area contributed by atoms with Gasteiger partial charge in [-0.3, -0.25) is 19.2 Å². The molecular formula is C21H22N2O5S. The molecule has 0 spiro atoms. The second-order valence-electron chi connectivity index (χ2n) is 6.02. The second-order valence-corrected chi connectivity index (χ2v) is 6.90. The topological polar surface area (TPSA) is 102 Å². The average molecular weight is 414 g/mol. The first-order valence-corrected chi connectivity index (χ1v) is 10.1. The number of nitrogens with one attached hydrogen (secondary N) is 2. The molecule has 8 heteroatoms. The first kappa shape index (κ1) is 22.2. The van der Waals surface area contributed by atoms with Gasteiger partial charge in [0.1, 0.15) is 0 Å². The molecule has 0 aliphatic rings. The maximum absolute atomic E-state index is 12.1. The van der Waals surface area contributed by atoms with Crippen LogP contribution >= 0.6 is 11.8 Å². The van der Waals surface area contributed by atoms with Crippen molar-refractivity contribution in [3.8, 4) is 0 Å². The van der Waals surface area contributed by atoms with E-state index in [1.54, 1.807) is 42.1 Å². The Morgan fingerprint density at radius 2 is 1.69 bits per heavy atom. The number of carbonyl (C=O) groups excluding carboxylic acids is 4. The monoisotopic (exact) mass is 414 g/mol. The van der Waals surface area contributed by atoms with Gasteiger partial charge < -0.3 is 15.4 Å². The number of rotatable bonds is 9. The molecule has 0 heterocycles. The van der Waals surface area contributed by atoms with Gasteiger partial charge in [0.15, 0.2) is 12.4 Å². The van der Waals surface area contributed by atoms with E-state index < -0.39 is 18.5 Å². The molecule has 0 aromatic heterocycles. The van der Waals surface area contributed by atoms with E-state index in [-0.39, 0.29) is 24.5 Å². The van der Waals surface area contributed by atoms with Crippen molar-refractivity contribution in [2.45, 2.75) is 17.7 Å². The molecule has 0 unspecified atom stereocenters. The lowest BCUT2D eigenvalue weighted by Gasteiger charge is -2.08. The van der Waals surface area contributed by atoms with Crippen LogP contribution in [0.15, 0.2) is 53.4 Å². The molecule has 0 radical (unpaired) electrons. The van der Waals surface area contributed by atoms with Gasteiger partial charge in [0, 0.05) is 35.2 Å². The summed E-state index contributed by atoms with van der Waals surface area (Å²) in [5.41, 5.74) is 1.34. The van der Waals surface area contributed by atoms with E-state index in [1.165, 1.54) is 13.1 Å². The summed E-state index contributed by atoms with van der Waals surface area (Å²) in [6.45, 7) is -0.473. The van der Waals surface area contributed by atoms with Crippen LogP contribution in [-0.4, -0.2) is 43.5 Å². The van der Waals surface area contributed by atoms with Gasteiger partial charge in [0.2, 0.25) is 0 Å². The first-order chi connectivity index (χ1) is 13.9. The van der Waals surface area contributed by atoms with Crippen molar-refractivity contribution in [2.24, 2.45) is 0 Å². The maximum Gasteiger partial charge on any atom is 0.306 e. The number of Topliss-reactive ketones (excluding diaryl/α,β-unsaturated/α-hetero) is 1. The van der Waals surface area contributed by atoms with Gasteiger partial charge in [-0.1, -0.05) is 18.2 Å². The van der Waals surface area contributed by atoms with Crippen molar-refractivity contribution >= 4 is 41.0 Å². The largest absolute Gasteiger partial charge is 0.456 e. The molecule has 7 nitrogen and oxygen atoms in total. The summed E-state index contributed by atoms with van der Waals surface area (Å²) in [6, 6.07) is 13.5. The minimum atomic E-state index is -0.631. The number of anilines is 1. The Bertz CT molecular complexity index is 896. The van der Waals surface area contributed by atoms with Crippen LogP contribution in [0.25, 0.3) is 0 Å². The van der Waals surface area contributed by atoms with Crippen molar-refractivity contribution in [3.63, 3.8) is 0 Å². The molecule has 0 fully saturated rings. The molecule has 2 aromatic rings. The summed E-state index contributed by atoms with van der Waals surface area (Å²) in [5.74, 6) is -1.61. The van der Waals surface area contributed by atoms with Crippen LogP contribution in [0.2, 0.25) is 0 Å². The van der Waals surface area contributed by atoms with Crippen LogP contribution in [0.3, 0.4) is 0 Å². The summed E-state index contributed by atoms with van der Waals surface area (Å²) < 4.78 is 4.91. The van der Waals surface area contributed by atoms with E-state index in [0.29, 0.717) is 16.8 Å². The molecule has 0 atom stereocenters. The van der Waals surface area contributed by atoms with Crippen molar-refractivity contribution in [1.29, 1.82) is 0 Å². The van der Waals surface area contributed by atoms with Crippen LogP contribution in [0, 0.1) is 0 Å². The van der Waals surface area contributed by atoms with Crippen LogP contribution in [-0.2, 0) is 14.3 Å². The van der Waals surface area contributed by atoms with Gasteiger partial charge in [0.05, 0.1) is 6.42 Å². The Kier molecular flexibility index (Phi) is 8.42. The van der Waals surface area contributed by atoms with Crippen LogP contribution < -0.4 is 10.6 Å². The molecule has 152 valence electrons. The predicted molar refractivity (Wildman–Crippen MR) is 111 cm³/mol. The third kappa shape index (κ3) is 7.08. The van der Waals surface area contributed by atoms with E-state index >= 15 is 0 Å². The van der Waals surface area contributed by atoms with Crippen molar-refractivity contribution in [2.75, 3.05) is 25.2 Å². The zero-order chi connectivity index (χ0) is 21.2. The number of esters is 1. The SMILES string of the molecule is CNC(=O)c1cccc(NC(=O)COC(=O)CCC(=O)c2ccc(SC)cc2)c1. The number of benzene rings is 2. The van der Waals surface area contributed by atoms with E-state index in [2.05, 4.69) is 10.6 Å². The number of amides is 2. The highest BCUT2D eigenvalue weighted by Gasteiger charge is 2.13. The molecule has 2 amide bonds. The number of ketones is 1. The third-order valence-corrected chi connectivity index (χ3v) is 4.71. The molecular weight excluding hydrogens is 392 g/mol. The van der Waals surface area contributed by atoms with Crippen molar-refractivity contribution < 1.29 is 23.9 Å². The first-order valence-electron chi connectivity index (χ1n) is 8.88. The summed E-state index contributed by atoms with van der Waals surface area (Å²) in [4.78, 5) is 48.5. The Morgan fingerprint density at radius 1 is 0.966 bits per heavy atom. The Balaban J connectivity index is 1.76. The van der Waals surface area contributed by atoms with Crippen LogP contribution in [0.5, 0.6) is 0 Å². The molecule has 0 aliphatic carbocycles. The Morgan fingerprint density at radius 3 is 2.34 bits per heavy atom. The fraction of sp³-hybridized carbons (Fsp3) is 0.238. The quantitative estimate of drug-likeness (QED) is 0.372. The average Bonchev–Trinajstić information content (AvgIpc) is 2.75. The lowest BCUT2D eigenvalue weighted by atomic mass is 10.1. The second kappa shape index (κ2) is 11.0. The number of hydrogen-bond acceptors (Lipinski definition) is 6. The summed E-state index contributed by atoms with van der Waals surface area (Å²) in [6.07, 6.45) is 1.84. The molecule has 2 aromatic carbocycles. The maximum atomic E-state index is 12.1. The molecule has 0 saturated heterocycles. The van der Waals surface area contributed by atoms with Gasteiger partial charge in [-0.05, 0) is 36.6 Å². The lowest BCUT2D eigenvalue weighted by Crippen LogP contribution is -2.22. The van der Waals surface area contributed by atoms with Crippen molar-refractivity contribution in [1.82, 2.24) is 5.32 Å². The highest BCUT2D eigenvalue weighted by atomic mass is 32.2. The summed E-state index contributed by atoms with van der Waals surface area (Å²) in [7, 11) is 1.51. The fourth-order valence-corrected chi connectivity index (χ4v) is 2.84. The van der Waals surface area contributed by atoms with Gasteiger partial charge in [-0.15, -0.1) is 11.8 Å². The van der Waals surface area contributed by atoms with Gasteiger partial charge in [-0.25, -0.2) is 0 Å². The van der Waals surface area contributed by atoms with Crippen LogP contribution in [0.4, 0.5) is 5.69 Å². The summed E-state index contributed by atoms with van der Waals surface area (Å²) >= 11 is 1.58. The molecule has 0 aliphatic heterocycles. The zero-order valence-corrected chi connectivity index (χ0v) is 17.0. The van der Waals surface area contributed by atoms with E-state index in [1.807, 2.05) is 18.4 Å². The summed E-state index contributed by atoms with van der Waals surface area (Å²) in [5, 5.41) is 5.05. The fourth-order valence-electron chi connectivity index (χ4n) is 2.43. The number of ether oxygens (including phenoxy) is 1. The third-order valence-electron chi connectivity index (χ3n) is 3.97. The number of hydrogen-bond donors (Lipinski definition) is 2. The number of carbonyl (C=O) groups is 4. The number of thioether (sulfide) groups is 1. The van der Waals surface area contributed by atoms with Crippen molar-refractivity contribution in [3.05, 3.63) is 59.7 Å². The van der Waals surface area contributed by atoms with E-state index in [9.17, 15) is 19.2 Å². The minimum Gasteiger partial charge on any atom is -0.456 e. The lowest BCUT2D eigenvalue weighted by molar-refractivity contribution is -0.147. The van der Waals surface area contributed by atoms with Gasteiger partial charge in [-0.2, -0.15) is 0 Å². The predicted octanol–water partition coefficient (Wildman–Crippen LogP) is 2.91. The van der Waals surface area contributed by atoms with Crippen LogP contribution in [0.1, 0.15) is 33.6 Å². The highest BCUT2D eigenvalue weighted by Crippen LogP contribution is 2.16. The normalized spacial score (nSPS) is 10.1. The smallest absolute Gasteiger partial charge is 0.306 e. The standard InChI is InChI=1S/C21H22N2O5S/c1-22-21(27)15-4-3-5-16(12-15)23-19(25)13-28-20(26)11-10-18(24)14-6-8-17(29-2)9-7-14/h3-9,12H,10-11,13H2,1-2H3,(H,22,27)(H,23,25). The molecule has 29 heavy (non-hydrogen) atoms. The van der Waals surface area contributed by atoms with E-state index in [4.69, 9.17) is 4.74 Å². The van der Waals surface area contributed by atoms with Gasteiger partial charge >= 0.3 is 5.97 Å². The van der Waals surface area contributed by atoms with E-state index in [0.717, 1.165) is 4.90 Å². The minimum absolute atomic E-state index is 0.00718. The molecule has 2 N–H and O–H groups in total. The zero-order valence-electron chi connectivity index (χ0n) is 16.2. The van der Waals surface area contributed by atoms with Gasteiger partial charge in [0.25, 0.3) is 11.8 Å². The molecule has 2 rings (SSSR count). The molecule has 0 saturated carbocycles. The Labute approximate surface area is 173 Å². The Hall–Kier alpha value is -3.13. The highest BCUT2D eigenvalue weighted by molar-refractivity contribution is 7.98. The molecule has 0 bridgehead atoms.